The summed E-state index contributed by atoms with van der Waals surface area (Å²) in [6, 6.07) is 4.26. The minimum absolute atomic E-state index is 0. The first-order valence-electron chi connectivity index (χ1n) is 8.78. The summed E-state index contributed by atoms with van der Waals surface area (Å²) in [4.78, 5) is 15.1. The third-order valence-corrected chi connectivity index (χ3v) is 5.20. The SMILES string of the molecule is CCc1ccc(C2CC(C)CCN2C(=O)C2CCNCC2)o1.Cl. The number of carbonyl (C=O) groups is 1. The highest BCUT2D eigenvalue weighted by molar-refractivity contribution is 5.85. The molecule has 2 unspecified atom stereocenters. The van der Waals surface area contributed by atoms with Gasteiger partial charge in [-0.2, -0.15) is 0 Å². The lowest BCUT2D eigenvalue weighted by molar-refractivity contribution is -0.141. The van der Waals surface area contributed by atoms with Gasteiger partial charge in [0.1, 0.15) is 11.5 Å². The van der Waals surface area contributed by atoms with Gasteiger partial charge in [0.05, 0.1) is 6.04 Å². The number of halogens is 1. The molecule has 4 nitrogen and oxygen atoms in total. The van der Waals surface area contributed by atoms with Gasteiger partial charge in [-0.05, 0) is 56.8 Å². The molecule has 0 radical (unpaired) electrons. The maximum absolute atomic E-state index is 13.0. The molecule has 2 atom stereocenters. The Hall–Kier alpha value is -1.00. The van der Waals surface area contributed by atoms with E-state index in [4.69, 9.17) is 4.42 Å². The summed E-state index contributed by atoms with van der Waals surface area (Å²) >= 11 is 0. The Morgan fingerprint density at radius 2 is 2.04 bits per heavy atom. The highest BCUT2D eigenvalue weighted by atomic mass is 35.5. The summed E-state index contributed by atoms with van der Waals surface area (Å²) in [5, 5.41) is 3.34. The molecule has 3 heterocycles. The zero-order valence-electron chi connectivity index (χ0n) is 14.2. The Kier molecular flexibility index (Phi) is 6.54. The molecule has 0 aromatic carbocycles. The number of carbonyl (C=O) groups excluding carboxylic acids is 1. The van der Waals surface area contributed by atoms with Gasteiger partial charge in [-0.15, -0.1) is 12.4 Å². The number of hydrogen-bond acceptors (Lipinski definition) is 3. The summed E-state index contributed by atoms with van der Waals surface area (Å²) in [6.07, 6.45) is 4.97. The Morgan fingerprint density at radius 1 is 1.30 bits per heavy atom. The van der Waals surface area contributed by atoms with Crippen molar-refractivity contribution in [3.05, 3.63) is 23.7 Å². The average Bonchev–Trinajstić information content (AvgIpc) is 3.04. The van der Waals surface area contributed by atoms with Crippen molar-refractivity contribution < 1.29 is 9.21 Å². The fraction of sp³-hybridized carbons (Fsp3) is 0.722. The van der Waals surface area contributed by atoms with Gasteiger partial charge in [-0.1, -0.05) is 13.8 Å². The largest absolute Gasteiger partial charge is 0.464 e. The second-order valence-electron chi connectivity index (χ2n) is 6.86. The molecule has 2 aliphatic heterocycles. The van der Waals surface area contributed by atoms with Crippen molar-refractivity contribution >= 4 is 18.3 Å². The summed E-state index contributed by atoms with van der Waals surface area (Å²) in [5.41, 5.74) is 0. The van der Waals surface area contributed by atoms with Gasteiger partial charge in [0, 0.05) is 18.9 Å². The van der Waals surface area contributed by atoms with Gasteiger partial charge < -0.3 is 14.6 Å². The Morgan fingerprint density at radius 3 is 2.70 bits per heavy atom. The third kappa shape index (κ3) is 4.10. The van der Waals surface area contributed by atoms with E-state index >= 15 is 0 Å². The van der Waals surface area contributed by atoms with E-state index in [0.717, 1.165) is 63.3 Å². The Balaban J connectivity index is 0.00000192. The second kappa shape index (κ2) is 8.20. The van der Waals surface area contributed by atoms with E-state index < -0.39 is 0 Å². The number of aryl methyl sites for hydroxylation is 1. The monoisotopic (exact) mass is 340 g/mol. The van der Waals surface area contributed by atoms with Gasteiger partial charge in [-0.25, -0.2) is 0 Å². The normalized spacial score (nSPS) is 25.9. The molecule has 5 heteroatoms. The van der Waals surface area contributed by atoms with Crippen molar-refractivity contribution in [3.8, 4) is 0 Å². The third-order valence-electron chi connectivity index (χ3n) is 5.20. The molecule has 2 saturated heterocycles. The van der Waals surface area contributed by atoms with Gasteiger partial charge in [-0.3, -0.25) is 4.79 Å². The minimum atomic E-state index is 0. The topological polar surface area (TPSA) is 45.5 Å². The number of furan rings is 1. The van der Waals surface area contributed by atoms with Crippen molar-refractivity contribution in [1.82, 2.24) is 10.2 Å². The molecule has 0 bridgehead atoms. The van der Waals surface area contributed by atoms with Crippen LogP contribution in [0, 0.1) is 11.8 Å². The van der Waals surface area contributed by atoms with E-state index in [-0.39, 0.29) is 24.4 Å². The maximum atomic E-state index is 13.0. The van der Waals surface area contributed by atoms with E-state index in [1.165, 1.54) is 0 Å². The molecule has 1 amide bonds. The van der Waals surface area contributed by atoms with Crippen LogP contribution >= 0.6 is 12.4 Å². The minimum Gasteiger partial charge on any atom is -0.464 e. The summed E-state index contributed by atoms with van der Waals surface area (Å²) in [5.74, 6) is 3.18. The van der Waals surface area contributed by atoms with Crippen LogP contribution in [0.1, 0.15) is 57.1 Å². The number of piperidine rings is 2. The van der Waals surface area contributed by atoms with Crippen LogP contribution in [0.4, 0.5) is 0 Å². The number of nitrogens with zero attached hydrogens (tertiary/aromatic N) is 1. The Bertz CT molecular complexity index is 511. The van der Waals surface area contributed by atoms with Gasteiger partial charge in [0.15, 0.2) is 0 Å². The molecule has 2 fully saturated rings. The highest BCUT2D eigenvalue weighted by Crippen LogP contribution is 2.36. The number of amides is 1. The molecule has 0 aliphatic carbocycles. The zero-order valence-corrected chi connectivity index (χ0v) is 15.0. The van der Waals surface area contributed by atoms with Crippen LogP contribution in [-0.4, -0.2) is 30.4 Å². The zero-order chi connectivity index (χ0) is 15.5. The van der Waals surface area contributed by atoms with Crippen LogP contribution in [0.5, 0.6) is 0 Å². The molecular formula is C18H29ClN2O2. The van der Waals surface area contributed by atoms with Crippen LogP contribution in [0.3, 0.4) is 0 Å². The maximum Gasteiger partial charge on any atom is 0.226 e. The van der Waals surface area contributed by atoms with Crippen LogP contribution < -0.4 is 5.32 Å². The van der Waals surface area contributed by atoms with Crippen LogP contribution in [0.15, 0.2) is 16.5 Å². The van der Waals surface area contributed by atoms with Crippen LogP contribution in [-0.2, 0) is 11.2 Å². The van der Waals surface area contributed by atoms with Crippen molar-refractivity contribution in [1.29, 1.82) is 0 Å². The van der Waals surface area contributed by atoms with Crippen molar-refractivity contribution in [2.24, 2.45) is 11.8 Å². The number of rotatable bonds is 3. The van der Waals surface area contributed by atoms with E-state index in [0.29, 0.717) is 11.8 Å². The fourth-order valence-corrected chi connectivity index (χ4v) is 3.74. The van der Waals surface area contributed by atoms with Crippen molar-refractivity contribution in [3.63, 3.8) is 0 Å². The molecule has 130 valence electrons. The van der Waals surface area contributed by atoms with E-state index in [9.17, 15) is 4.79 Å². The molecule has 1 N–H and O–H groups in total. The summed E-state index contributed by atoms with van der Waals surface area (Å²) in [7, 11) is 0. The predicted molar refractivity (Wildman–Crippen MR) is 93.8 cm³/mol. The molecule has 0 saturated carbocycles. The quantitative estimate of drug-likeness (QED) is 0.915. The van der Waals surface area contributed by atoms with E-state index in [2.05, 4.69) is 36.2 Å². The highest BCUT2D eigenvalue weighted by Gasteiger charge is 2.36. The summed E-state index contributed by atoms with van der Waals surface area (Å²) in [6.45, 7) is 7.18. The standard InChI is InChI=1S/C18H28N2O2.ClH/c1-3-15-4-5-17(22-15)16-12-13(2)8-11-20(16)18(21)14-6-9-19-10-7-14;/h4-5,13-14,16,19H,3,6-12H2,1-2H3;1H. The van der Waals surface area contributed by atoms with Crippen LogP contribution in [0.25, 0.3) is 0 Å². The van der Waals surface area contributed by atoms with E-state index in [1.54, 1.807) is 0 Å². The van der Waals surface area contributed by atoms with Gasteiger partial charge in [0.2, 0.25) is 5.91 Å². The Labute approximate surface area is 145 Å². The molecule has 23 heavy (non-hydrogen) atoms. The number of nitrogens with one attached hydrogen (secondary N) is 1. The van der Waals surface area contributed by atoms with E-state index in [1.807, 2.05) is 0 Å². The molecule has 0 spiro atoms. The molecule has 3 rings (SSSR count). The molecular weight excluding hydrogens is 312 g/mol. The lowest BCUT2D eigenvalue weighted by Gasteiger charge is -2.40. The smallest absolute Gasteiger partial charge is 0.226 e. The molecule has 1 aromatic rings. The predicted octanol–water partition coefficient (Wildman–Crippen LogP) is 3.56. The van der Waals surface area contributed by atoms with Crippen molar-refractivity contribution in [2.45, 2.75) is 52.0 Å². The number of hydrogen-bond donors (Lipinski definition) is 1. The summed E-state index contributed by atoms with van der Waals surface area (Å²) < 4.78 is 5.98. The lowest BCUT2D eigenvalue weighted by Crippen LogP contribution is -2.45. The first-order chi connectivity index (χ1) is 10.7. The van der Waals surface area contributed by atoms with Crippen LogP contribution in [0.2, 0.25) is 0 Å². The van der Waals surface area contributed by atoms with Gasteiger partial charge >= 0.3 is 0 Å². The molecule has 2 aliphatic rings. The fourth-order valence-electron chi connectivity index (χ4n) is 3.74. The second-order valence-corrected chi connectivity index (χ2v) is 6.86. The average molecular weight is 341 g/mol. The van der Waals surface area contributed by atoms with Crippen molar-refractivity contribution in [2.75, 3.05) is 19.6 Å². The lowest BCUT2D eigenvalue weighted by atomic mass is 9.88. The number of likely N-dealkylation sites (tertiary alicyclic amines) is 1. The molecule has 1 aromatic heterocycles. The first kappa shape index (κ1) is 18.3. The first-order valence-corrected chi connectivity index (χ1v) is 8.78. The van der Waals surface area contributed by atoms with Gasteiger partial charge in [0.25, 0.3) is 0 Å².